The van der Waals surface area contributed by atoms with Crippen molar-refractivity contribution in [3.05, 3.63) is 63.9 Å². The zero-order chi connectivity index (χ0) is 22.9. The third-order valence-electron chi connectivity index (χ3n) is 5.77. The molecule has 0 saturated heterocycles. The molecule has 33 heavy (non-hydrogen) atoms. The van der Waals surface area contributed by atoms with Crippen molar-refractivity contribution in [1.29, 1.82) is 0 Å². The summed E-state index contributed by atoms with van der Waals surface area (Å²) in [5, 5.41) is 0.838. The number of ether oxygens (including phenoxy) is 3. The van der Waals surface area contributed by atoms with Crippen LogP contribution in [-0.4, -0.2) is 34.2 Å². The van der Waals surface area contributed by atoms with Crippen LogP contribution in [0.3, 0.4) is 0 Å². The highest BCUT2D eigenvalue weighted by Crippen LogP contribution is 2.35. The highest BCUT2D eigenvalue weighted by atomic mass is 32.1. The van der Waals surface area contributed by atoms with Gasteiger partial charge in [-0.3, -0.25) is 4.79 Å². The zero-order valence-corrected chi connectivity index (χ0v) is 19.7. The molecule has 0 amide bonds. The minimum atomic E-state index is -0.276. The molecular formula is C25H25N3O4S. The van der Waals surface area contributed by atoms with Crippen molar-refractivity contribution in [1.82, 2.24) is 14.5 Å². The van der Waals surface area contributed by atoms with Gasteiger partial charge in [0.15, 0.2) is 0 Å². The lowest BCUT2D eigenvalue weighted by Gasteiger charge is -2.14. The second-order valence-corrected chi connectivity index (χ2v) is 9.21. The maximum atomic E-state index is 12.6. The summed E-state index contributed by atoms with van der Waals surface area (Å²) in [6.45, 7) is 6.20. The fraction of sp³-hybridized carbons (Fsp3) is 0.320. The number of rotatable bonds is 6. The summed E-state index contributed by atoms with van der Waals surface area (Å²) in [6.07, 6.45) is 0.191. The Morgan fingerprint density at radius 2 is 2.06 bits per heavy atom. The minimum Gasteiger partial charge on any atom is -0.496 e. The van der Waals surface area contributed by atoms with Crippen molar-refractivity contribution in [2.24, 2.45) is 0 Å². The Labute approximate surface area is 196 Å². The Kier molecular flexibility index (Phi) is 5.86. The molecule has 2 aromatic heterocycles. The number of hydrogen-bond donors (Lipinski definition) is 0. The predicted molar refractivity (Wildman–Crippen MR) is 126 cm³/mol. The van der Waals surface area contributed by atoms with E-state index in [-0.39, 0.29) is 19.0 Å². The number of carbonyl (C=O) groups is 1. The molecule has 0 bridgehead atoms. The van der Waals surface area contributed by atoms with E-state index in [1.165, 1.54) is 11.3 Å². The van der Waals surface area contributed by atoms with Gasteiger partial charge in [-0.2, -0.15) is 0 Å². The van der Waals surface area contributed by atoms with Crippen LogP contribution in [0.1, 0.15) is 27.5 Å². The van der Waals surface area contributed by atoms with E-state index in [9.17, 15) is 4.79 Å². The summed E-state index contributed by atoms with van der Waals surface area (Å²) in [5.41, 5.74) is 5.79. The molecule has 170 valence electrons. The first-order chi connectivity index (χ1) is 16.0. The highest BCUT2D eigenvalue weighted by Gasteiger charge is 2.18. The predicted octanol–water partition coefficient (Wildman–Crippen LogP) is 4.60. The maximum absolute atomic E-state index is 12.6. The average Bonchev–Trinajstić information content (AvgIpc) is 3.37. The lowest BCUT2D eigenvalue weighted by Crippen LogP contribution is -2.16. The van der Waals surface area contributed by atoms with Crippen molar-refractivity contribution >= 4 is 28.3 Å². The second-order valence-electron chi connectivity index (χ2n) is 8.12. The van der Waals surface area contributed by atoms with Crippen molar-refractivity contribution in [2.45, 2.75) is 40.0 Å². The minimum absolute atomic E-state index is 0.191. The van der Waals surface area contributed by atoms with E-state index in [1.54, 1.807) is 7.11 Å². The molecule has 1 aliphatic rings. The fourth-order valence-electron chi connectivity index (χ4n) is 4.02. The van der Waals surface area contributed by atoms with E-state index in [0.29, 0.717) is 13.2 Å². The van der Waals surface area contributed by atoms with Gasteiger partial charge in [0.05, 0.1) is 42.4 Å². The number of aryl methyl sites for hydroxylation is 2. The third-order valence-corrected chi connectivity index (χ3v) is 6.96. The molecule has 0 radical (unpaired) electrons. The average molecular weight is 464 g/mol. The summed E-state index contributed by atoms with van der Waals surface area (Å²) < 4.78 is 18.8. The lowest BCUT2D eigenvalue weighted by molar-refractivity contribution is -0.144. The summed E-state index contributed by atoms with van der Waals surface area (Å²) in [4.78, 5) is 22.8. The molecule has 0 saturated carbocycles. The van der Waals surface area contributed by atoms with E-state index in [2.05, 4.69) is 14.5 Å². The molecule has 8 heteroatoms. The van der Waals surface area contributed by atoms with Gasteiger partial charge in [0.2, 0.25) is 0 Å². The number of nitrogens with zero attached hydrogens (tertiary/aromatic N) is 3. The van der Waals surface area contributed by atoms with Crippen LogP contribution in [0, 0.1) is 13.8 Å². The van der Waals surface area contributed by atoms with Crippen LogP contribution < -0.4 is 4.74 Å². The SMILES string of the molecule is COc1cc(C)ccc1-c1nc(C)c(CC(=O)OCc2ccc3c(c2)nc2n3CCOC2)s1. The smallest absolute Gasteiger partial charge is 0.311 e. The number of methoxy groups -OCH3 is 1. The van der Waals surface area contributed by atoms with Gasteiger partial charge < -0.3 is 18.8 Å². The number of aromatic nitrogens is 3. The Morgan fingerprint density at radius 1 is 1.18 bits per heavy atom. The van der Waals surface area contributed by atoms with Crippen molar-refractivity contribution in [2.75, 3.05) is 13.7 Å². The summed E-state index contributed by atoms with van der Waals surface area (Å²) >= 11 is 1.50. The van der Waals surface area contributed by atoms with Gasteiger partial charge in [0, 0.05) is 11.4 Å². The van der Waals surface area contributed by atoms with Crippen LogP contribution in [0.25, 0.3) is 21.6 Å². The van der Waals surface area contributed by atoms with Crippen LogP contribution in [0.5, 0.6) is 5.75 Å². The largest absolute Gasteiger partial charge is 0.496 e. The van der Waals surface area contributed by atoms with Crippen LogP contribution >= 0.6 is 11.3 Å². The van der Waals surface area contributed by atoms with Crippen molar-refractivity contribution in [3.8, 4) is 16.3 Å². The molecule has 0 unspecified atom stereocenters. The number of esters is 1. The molecule has 0 atom stereocenters. The summed E-state index contributed by atoms with van der Waals surface area (Å²) in [7, 11) is 1.65. The van der Waals surface area contributed by atoms with Crippen LogP contribution in [0.2, 0.25) is 0 Å². The molecule has 2 aromatic carbocycles. The van der Waals surface area contributed by atoms with Gasteiger partial charge >= 0.3 is 5.97 Å². The zero-order valence-electron chi connectivity index (χ0n) is 18.9. The van der Waals surface area contributed by atoms with E-state index >= 15 is 0 Å². The number of fused-ring (bicyclic) bond motifs is 3. The molecule has 4 aromatic rings. The normalized spacial score (nSPS) is 13.2. The van der Waals surface area contributed by atoms with E-state index < -0.39 is 0 Å². The van der Waals surface area contributed by atoms with Gasteiger partial charge in [-0.1, -0.05) is 12.1 Å². The van der Waals surface area contributed by atoms with Crippen molar-refractivity contribution in [3.63, 3.8) is 0 Å². The molecule has 0 aliphatic carbocycles. The number of hydrogen-bond acceptors (Lipinski definition) is 7. The van der Waals surface area contributed by atoms with Crippen LogP contribution in [0.4, 0.5) is 0 Å². The Hall–Kier alpha value is -3.23. The van der Waals surface area contributed by atoms with Crippen LogP contribution in [0.15, 0.2) is 36.4 Å². The molecule has 1 aliphatic heterocycles. The maximum Gasteiger partial charge on any atom is 0.311 e. The second kappa shape index (κ2) is 8.96. The third kappa shape index (κ3) is 4.36. The monoisotopic (exact) mass is 463 g/mol. The fourth-order valence-corrected chi connectivity index (χ4v) is 5.10. The lowest BCUT2D eigenvalue weighted by atomic mass is 10.1. The first kappa shape index (κ1) is 21.6. The van der Waals surface area contributed by atoms with Crippen LogP contribution in [-0.2, 0) is 40.4 Å². The van der Waals surface area contributed by atoms with E-state index in [0.717, 1.165) is 61.4 Å². The first-order valence-electron chi connectivity index (χ1n) is 10.8. The van der Waals surface area contributed by atoms with Gasteiger partial charge in [-0.05, 0) is 49.2 Å². The summed E-state index contributed by atoms with van der Waals surface area (Å²) in [5.74, 6) is 1.44. The number of thiazole rings is 1. The van der Waals surface area contributed by atoms with Gasteiger partial charge in [-0.25, -0.2) is 9.97 Å². The standard InChI is InChI=1S/C25H25N3O4S/c1-15-4-6-18(21(10-15)30-3)25-26-16(2)22(33-25)12-24(29)32-13-17-5-7-20-19(11-17)27-23-14-31-9-8-28(20)23/h4-7,10-11H,8-9,12-14H2,1-3H3. The molecular weight excluding hydrogens is 438 g/mol. The number of carbonyl (C=O) groups excluding carboxylic acids is 1. The molecule has 0 fully saturated rings. The number of imidazole rings is 1. The topological polar surface area (TPSA) is 75.5 Å². The molecule has 0 spiro atoms. The first-order valence-corrected chi connectivity index (χ1v) is 11.7. The van der Waals surface area contributed by atoms with Gasteiger partial charge in [0.25, 0.3) is 0 Å². The highest BCUT2D eigenvalue weighted by molar-refractivity contribution is 7.15. The van der Waals surface area contributed by atoms with Gasteiger partial charge in [-0.15, -0.1) is 11.3 Å². The van der Waals surface area contributed by atoms with E-state index in [4.69, 9.17) is 14.2 Å². The Morgan fingerprint density at radius 3 is 2.91 bits per heavy atom. The summed E-state index contributed by atoms with van der Waals surface area (Å²) in [6, 6.07) is 12.0. The molecule has 7 nitrogen and oxygen atoms in total. The van der Waals surface area contributed by atoms with E-state index in [1.807, 2.05) is 50.2 Å². The quantitative estimate of drug-likeness (QED) is 0.389. The Bertz CT molecular complexity index is 1340. The number of benzene rings is 2. The van der Waals surface area contributed by atoms with Gasteiger partial charge in [0.1, 0.15) is 29.8 Å². The molecule has 0 N–H and O–H groups in total. The molecule has 3 heterocycles. The van der Waals surface area contributed by atoms with Crippen molar-refractivity contribution < 1.29 is 19.0 Å². The molecule has 5 rings (SSSR count). The Balaban J connectivity index is 1.26.